The average molecular weight is 297 g/mol. The molecule has 1 atom stereocenters. The first-order valence-corrected chi connectivity index (χ1v) is 6.02. The molecular formula is C12H15N3O6. The maximum absolute atomic E-state index is 11.5. The summed E-state index contributed by atoms with van der Waals surface area (Å²) in [5.41, 5.74) is 4.88. The van der Waals surface area contributed by atoms with Gasteiger partial charge in [0, 0.05) is 13.0 Å². The molecule has 1 aromatic heterocycles. The lowest BCUT2D eigenvalue weighted by Crippen LogP contribution is -2.44. The molecule has 0 spiro atoms. The molecule has 0 aromatic carbocycles. The monoisotopic (exact) mass is 297 g/mol. The third kappa shape index (κ3) is 5.76. The van der Waals surface area contributed by atoms with E-state index in [-0.39, 0.29) is 18.7 Å². The van der Waals surface area contributed by atoms with Gasteiger partial charge >= 0.3 is 5.97 Å². The minimum Gasteiger partial charge on any atom is -0.480 e. The minimum absolute atomic E-state index is 0.00568. The van der Waals surface area contributed by atoms with E-state index in [0.717, 1.165) is 0 Å². The molecule has 0 saturated carbocycles. The Morgan fingerprint density at radius 2 is 2.05 bits per heavy atom. The summed E-state index contributed by atoms with van der Waals surface area (Å²) < 4.78 is 4.85. The summed E-state index contributed by atoms with van der Waals surface area (Å²) in [5.74, 6) is -3.20. The van der Waals surface area contributed by atoms with Crippen LogP contribution in [0.2, 0.25) is 0 Å². The van der Waals surface area contributed by atoms with Crippen LogP contribution in [0.4, 0.5) is 0 Å². The van der Waals surface area contributed by atoms with Crippen LogP contribution in [0.5, 0.6) is 0 Å². The molecule has 0 radical (unpaired) electrons. The van der Waals surface area contributed by atoms with Crippen molar-refractivity contribution in [2.75, 3.05) is 6.54 Å². The Hall–Kier alpha value is -2.84. The second-order valence-corrected chi connectivity index (χ2v) is 4.11. The fourth-order valence-electron chi connectivity index (χ4n) is 1.45. The Labute approximate surface area is 119 Å². The highest BCUT2D eigenvalue weighted by Gasteiger charge is 2.21. The Bertz CT molecular complexity index is 525. The number of hydrogen-bond acceptors (Lipinski definition) is 5. The molecule has 0 fully saturated rings. The fourth-order valence-corrected chi connectivity index (χ4v) is 1.45. The quantitative estimate of drug-likeness (QED) is 0.475. The van der Waals surface area contributed by atoms with E-state index < -0.39 is 36.2 Å². The van der Waals surface area contributed by atoms with E-state index in [1.54, 1.807) is 6.07 Å². The zero-order valence-electron chi connectivity index (χ0n) is 11.0. The van der Waals surface area contributed by atoms with Crippen LogP contribution in [0.1, 0.15) is 23.4 Å². The topological polar surface area (TPSA) is 152 Å². The molecule has 0 unspecified atom stereocenters. The van der Waals surface area contributed by atoms with E-state index in [0.29, 0.717) is 0 Å². The van der Waals surface area contributed by atoms with Gasteiger partial charge in [-0.25, -0.2) is 4.79 Å². The summed E-state index contributed by atoms with van der Waals surface area (Å²) in [4.78, 5) is 44.5. The molecule has 0 aliphatic carbocycles. The van der Waals surface area contributed by atoms with Crippen LogP contribution < -0.4 is 16.4 Å². The van der Waals surface area contributed by atoms with Crippen LogP contribution in [-0.2, 0) is 14.4 Å². The zero-order valence-corrected chi connectivity index (χ0v) is 11.0. The summed E-state index contributed by atoms with van der Waals surface area (Å²) in [5, 5.41) is 13.4. The highest BCUT2D eigenvalue weighted by Crippen LogP contribution is 1.99. The van der Waals surface area contributed by atoms with Gasteiger partial charge in [-0.3, -0.25) is 14.4 Å². The summed E-state index contributed by atoms with van der Waals surface area (Å²) in [6.07, 6.45) is 0.692. The second kappa shape index (κ2) is 7.68. The number of hydrogen-bond donors (Lipinski definition) is 4. The lowest BCUT2D eigenvalue weighted by Gasteiger charge is -2.12. The highest BCUT2D eigenvalue weighted by atomic mass is 16.4. The van der Waals surface area contributed by atoms with Crippen molar-refractivity contribution in [2.45, 2.75) is 18.9 Å². The lowest BCUT2D eigenvalue weighted by molar-refractivity contribution is -0.143. The predicted octanol–water partition coefficient (Wildman–Crippen LogP) is -1.16. The van der Waals surface area contributed by atoms with Crippen molar-refractivity contribution in [2.24, 2.45) is 5.73 Å². The van der Waals surface area contributed by atoms with Gasteiger partial charge in [-0.2, -0.15) is 0 Å². The first-order chi connectivity index (χ1) is 9.90. The first kappa shape index (κ1) is 16.2. The van der Waals surface area contributed by atoms with Crippen molar-refractivity contribution < 1.29 is 28.7 Å². The molecule has 1 heterocycles. The molecule has 1 aromatic rings. The molecule has 0 bridgehead atoms. The number of carbonyl (C=O) groups excluding carboxylic acids is 3. The van der Waals surface area contributed by atoms with Crippen molar-refractivity contribution in [3.63, 3.8) is 0 Å². The van der Waals surface area contributed by atoms with E-state index in [9.17, 15) is 19.2 Å². The van der Waals surface area contributed by atoms with Gasteiger partial charge in [-0.1, -0.05) is 0 Å². The highest BCUT2D eigenvalue weighted by molar-refractivity contribution is 5.92. The number of furan rings is 1. The van der Waals surface area contributed by atoms with Crippen LogP contribution in [0, 0.1) is 0 Å². The molecule has 1 rings (SSSR count). The summed E-state index contributed by atoms with van der Waals surface area (Å²) in [6, 6.07) is 1.63. The van der Waals surface area contributed by atoms with Gasteiger partial charge in [0.2, 0.25) is 11.8 Å². The number of carboxylic acid groups (broad SMARTS) is 1. The lowest BCUT2D eigenvalue weighted by atomic mass is 10.2. The Morgan fingerprint density at radius 1 is 1.33 bits per heavy atom. The molecule has 5 N–H and O–H groups in total. The molecule has 0 aliphatic heterocycles. The van der Waals surface area contributed by atoms with Crippen molar-refractivity contribution >= 4 is 23.7 Å². The Kier molecular flexibility index (Phi) is 5.93. The summed E-state index contributed by atoms with van der Waals surface area (Å²) >= 11 is 0. The molecule has 9 heteroatoms. The Balaban J connectivity index is 2.34. The third-order valence-corrected chi connectivity index (χ3v) is 2.42. The number of primary amides is 1. The Morgan fingerprint density at radius 3 is 2.57 bits per heavy atom. The van der Waals surface area contributed by atoms with Gasteiger partial charge in [-0.15, -0.1) is 0 Å². The van der Waals surface area contributed by atoms with E-state index in [2.05, 4.69) is 10.6 Å². The summed E-state index contributed by atoms with van der Waals surface area (Å²) in [7, 11) is 0. The number of carboxylic acids is 1. The number of carbonyl (C=O) groups is 4. The van der Waals surface area contributed by atoms with E-state index in [4.69, 9.17) is 15.3 Å². The molecule has 0 saturated heterocycles. The molecule has 0 aliphatic rings. The second-order valence-electron chi connectivity index (χ2n) is 4.11. The number of amides is 3. The average Bonchev–Trinajstić information content (AvgIpc) is 2.91. The minimum atomic E-state index is -1.38. The van der Waals surface area contributed by atoms with Gasteiger partial charge in [-0.05, 0) is 12.1 Å². The number of aliphatic carboxylic acids is 1. The SMILES string of the molecule is NC(=O)C[C@H](NC(=O)CCNC(=O)c1ccco1)C(=O)O. The van der Waals surface area contributed by atoms with Crippen molar-refractivity contribution in [1.29, 1.82) is 0 Å². The van der Waals surface area contributed by atoms with Crippen molar-refractivity contribution in [3.05, 3.63) is 24.2 Å². The van der Waals surface area contributed by atoms with Crippen LogP contribution >= 0.6 is 0 Å². The normalized spacial score (nSPS) is 11.4. The van der Waals surface area contributed by atoms with Gasteiger partial charge in [0.1, 0.15) is 6.04 Å². The smallest absolute Gasteiger partial charge is 0.326 e. The largest absolute Gasteiger partial charge is 0.480 e. The third-order valence-electron chi connectivity index (χ3n) is 2.42. The fraction of sp³-hybridized carbons (Fsp3) is 0.333. The molecule has 3 amide bonds. The number of nitrogens with two attached hydrogens (primary N) is 1. The van der Waals surface area contributed by atoms with Crippen LogP contribution in [0.25, 0.3) is 0 Å². The number of rotatable bonds is 8. The van der Waals surface area contributed by atoms with E-state index in [1.165, 1.54) is 12.3 Å². The van der Waals surface area contributed by atoms with Gasteiger partial charge in [0.15, 0.2) is 5.76 Å². The van der Waals surface area contributed by atoms with Gasteiger partial charge in [0.05, 0.1) is 12.7 Å². The maximum Gasteiger partial charge on any atom is 0.326 e. The van der Waals surface area contributed by atoms with Crippen LogP contribution in [0.3, 0.4) is 0 Å². The molecular weight excluding hydrogens is 282 g/mol. The maximum atomic E-state index is 11.5. The van der Waals surface area contributed by atoms with Crippen molar-refractivity contribution in [1.82, 2.24) is 10.6 Å². The van der Waals surface area contributed by atoms with Gasteiger partial charge < -0.3 is 25.9 Å². The first-order valence-electron chi connectivity index (χ1n) is 6.02. The summed E-state index contributed by atoms with van der Waals surface area (Å²) in [6.45, 7) is -0.00568. The molecule has 21 heavy (non-hydrogen) atoms. The molecule has 114 valence electrons. The van der Waals surface area contributed by atoms with E-state index in [1.807, 2.05) is 0 Å². The standard InChI is InChI=1S/C12H15N3O6/c13-9(16)6-7(12(19)20)15-10(17)3-4-14-11(18)8-2-1-5-21-8/h1-2,5,7H,3-4,6H2,(H2,13,16)(H,14,18)(H,15,17)(H,19,20)/t7-/m0/s1. The van der Waals surface area contributed by atoms with Crippen molar-refractivity contribution in [3.8, 4) is 0 Å². The van der Waals surface area contributed by atoms with Gasteiger partial charge in [0.25, 0.3) is 5.91 Å². The zero-order chi connectivity index (χ0) is 15.8. The van der Waals surface area contributed by atoms with E-state index >= 15 is 0 Å². The van der Waals surface area contributed by atoms with Crippen LogP contribution in [0.15, 0.2) is 22.8 Å². The number of nitrogens with one attached hydrogen (secondary N) is 2. The molecule has 9 nitrogen and oxygen atoms in total. The van der Waals surface area contributed by atoms with Crippen LogP contribution in [-0.4, -0.2) is 41.4 Å². The predicted molar refractivity (Wildman–Crippen MR) is 69.0 cm³/mol.